The molecule has 4 atom stereocenters. The topological polar surface area (TPSA) is 36.9 Å². The second-order valence-corrected chi connectivity index (χ2v) is 28.8. The van der Waals surface area contributed by atoms with Crippen LogP contribution in [-0.2, 0) is 10.8 Å². The minimum absolute atomic E-state index is 0.551. The lowest BCUT2D eigenvalue weighted by atomic mass is 9.67. The quantitative estimate of drug-likeness (QED) is 0.0421. The van der Waals surface area contributed by atoms with Crippen molar-refractivity contribution in [2.24, 2.45) is 23.7 Å². The van der Waals surface area contributed by atoms with Gasteiger partial charge in [0.25, 0.3) is 0 Å². The molecule has 0 fully saturated rings. The van der Waals surface area contributed by atoms with E-state index in [2.05, 4.69) is 175 Å². The maximum atomic E-state index is 6.70. The van der Waals surface area contributed by atoms with E-state index in [0.717, 1.165) is 75.1 Å². The maximum Gasteiger partial charge on any atom is 0.119 e. The summed E-state index contributed by atoms with van der Waals surface area (Å²) in [7, 11) is 0. The van der Waals surface area contributed by atoms with Crippen molar-refractivity contribution >= 4 is 75.5 Å². The van der Waals surface area contributed by atoms with Crippen molar-refractivity contribution in [3.8, 4) is 42.5 Å². The van der Waals surface area contributed by atoms with E-state index in [1.807, 2.05) is 56.7 Å². The maximum absolute atomic E-state index is 6.70. The zero-order chi connectivity index (χ0) is 57.5. The molecule has 9 heteroatoms. The molecule has 0 aliphatic heterocycles. The average molecular weight is 1200 g/mol. The van der Waals surface area contributed by atoms with Crippen LogP contribution in [-0.4, -0.2) is 26.4 Å². The van der Waals surface area contributed by atoms with Crippen molar-refractivity contribution in [1.82, 2.24) is 0 Å². The molecule has 4 unspecified atom stereocenters. The van der Waals surface area contributed by atoms with Crippen LogP contribution in [0.15, 0.2) is 120 Å². The number of hydrogen-bond donors (Lipinski definition) is 0. The Labute approximate surface area is 516 Å². The van der Waals surface area contributed by atoms with Crippen molar-refractivity contribution in [1.29, 1.82) is 0 Å². The van der Waals surface area contributed by atoms with Gasteiger partial charge < -0.3 is 18.9 Å². The van der Waals surface area contributed by atoms with Gasteiger partial charge in [-0.05, 0) is 149 Å². The number of fused-ring (bicyclic) bond motifs is 11. The summed E-state index contributed by atoms with van der Waals surface area (Å²) >= 11 is 9.86. The summed E-state index contributed by atoms with van der Waals surface area (Å²) < 4.78 is 32.3. The molecule has 83 heavy (non-hydrogen) atoms. The van der Waals surface area contributed by atoms with E-state index >= 15 is 0 Å². The van der Waals surface area contributed by atoms with Crippen LogP contribution in [0, 0.1) is 23.7 Å². The molecule has 0 saturated heterocycles. The summed E-state index contributed by atoms with van der Waals surface area (Å²) in [4.78, 5) is 5.58. The Morgan fingerprint density at radius 1 is 0.337 bits per heavy atom. The first-order valence-corrected chi connectivity index (χ1v) is 36.1. The molecule has 0 spiro atoms. The van der Waals surface area contributed by atoms with Gasteiger partial charge in [-0.25, -0.2) is 0 Å². The van der Waals surface area contributed by atoms with Gasteiger partial charge in [0.1, 0.15) is 23.0 Å². The van der Waals surface area contributed by atoms with Gasteiger partial charge in [-0.2, -0.15) is 0 Å². The first-order valence-electron chi connectivity index (χ1n) is 31.9. The van der Waals surface area contributed by atoms with Gasteiger partial charge in [0, 0.05) is 26.3 Å². The van der Waals surface area contributed by atoms with Crippen LogP contribution in [0.2, 0.25) is 0 Å². The Kier molecular flexibility index (Phi) is 19.6. The Balaban J connectivity index is 1.10. The fourth-order valence-corrected chi connectivity index (χ4v) is 20.3. The van der Waals surface area contributed by atoms with E-state index in [4.69, 9.17) is 18.9 Å². The van der Waals surface area contributed by atoms with Crippen molar-refractivity contribution in [2.75, 3.05) is 26.4 Å². The molecule has 5 aromatic heterocycles. The number of benzene rings is 4. The third kappa shape index (κ3) is 11.4. The van der Waals surface area contributed by atoms with Crippen molar-refractivity contribution in [3.05, 3.63) is 164 Å². The van der Waals surface area contributed by atoms with E-state index in [1.54, 1.807) is 0 Å². The zero-order valence-corrected chi connectivity index (χ0v) is 54.8. The molecule has 0 saturated carbocycles. The first-order chi connectivity index (χ1) is 40.8. The smallest absolute Gasteiger partial charge is 0.119 e. The second kappa shape index (κ2) is 27.2. The molecule has 9 aromatic rings. The molecule has 0 N–H and O–H groups in total. The van der Waals surface area contributed by atoms with Gasteiger partial charge >= 0.3 is 0 Å². The van der Waals surface area contributed by atoms with Crippen LogP contribution < -0.4 is 18.9 Å². The van der Waals surface area contributed by atoms with Crippen molar-refractivity contribution in [3.63, 3.8) is 0 Å². The number of hydrogen-bond acceptors (Lipinski definition) is 9. The summed E-state index contributed by atoms with van der Waals surface area (Å²) in [6.45, 7) is 21.3. The van der Waals surface area contributed by atoms with Gasteiger partial charge in [-0.1, -0.05) is 181 Å². The Bertz CT molecular complexity index is 3370. The van der Waals surface area contributed by atoms with Gasteiger partial charge in [0.05, 0.1) is 66.0 Å². The lowest BCUT2D eigenvalue weighted by Crippen LogP contribution is -2.29. The highest BCUT2D eigenvalue weighted by Gasteiger charge is 2.55. The van der Waals surface area contributed by atoms with Crippen molar-refractivity contribution in [2.45, 2.75) is 169 Å². The monoisotopic (exact) mass is 1200 g/mol. The lowest BCUT2D eigenvalue weighted by Gasteiger charge is -2.34. The van der Waals surface area contributed by atoms with E-state index in [0.29, 0.717) is 23.7 Å². The highest BCUT2D eigenvalue weighted by molar-refractivity contribution is 7.36. The van der Waals surface area contributed by atoms with E-state index in [1.165, 1.54) is 160 Å². The number of rotatable bonds is 32. The highest BCUT2D eigenvalue weighted by atomic mass is 32.1. The Hall–Kier alpha value is -4.90. The molecule has 2 aliphatic rings. The van der Waals surface area contributed by atoms with Gasteiger partial charge in [0.15, 0.2) is 0 Å². The van der Waals surface area contributed by atoms with Crippen LogP contribution in [0.1, 0.15) is 203 Å². The van der Waals surface area contributed by atoms with Gasteiger partial charge in [-0.3, -0.25) is 0 Å². The number of unbranched alkanes of at least 4 members (excludes halogenated alkanes) is 4. The third-order valence-electron chi connectivity index (χ3n) is 18.7. The van der Waals surface area contributed by atoms with Crippen LogP contribution >= 0.6 is 56.7 Å². The molecule has 0 radical (unpaired) electrons. The molecule has 438 valence electrons. The summed E-state index contributed by atoms with van der Waals surface area (Å²) in [5.41, 5.74) is 9.53. The number of ether oxygens (including phenoxy) is 4. The highest BCUT2D eigenvalue weighted by Crippen LogP contribution is 2.71. The zero-order valence-electron chi connectivity index (χ0n) is 50.7. The van der Waals surface area contributed by atoms with E-state index in [-0.39, 0.29) is 0 Å². The summed E-state index contributed by atoms with van der Waals surface area (Å²) in [5, 5.41) is 4.63. The second-order valence-electron chi connectivity index (χ2n) is 23.9. The molecule has 4 aromatic carbocycles. The van der Waals surface area contributed by atoms with Crippen LogP contribution in [0.25, 0.3) is 38.3 Å². The predicted molar refractivity (Wildman–Crippen MR) is 361 cm³/mol. The molecular weight excluding hydrogens is 1110 g/mol. The summed E-state index contributed by atoms with van der Waals surface area (Å²) in [6.07, 6.45) is 19.1. The fourth-order valence-electron chi connectivity index (χ4n) is 13.5. The summed E-state index contributed by atoms with van der Waals surface area (Å²) in [6, 6.07) is 42.0. The number of thiophene rings is 5. The largest absolute Gasteiger partial charge is 0.493 e. The minimum Gasteiger partial charge on any atom is -0.493 e. The summed E-state index contributed by atoms with van der Waals surface area (Å²) in [5.74, 6) is 5.98. The first kappa shape index (κ1) is 59.8. The fraction of sp³-hybridized carbons (Fsp3) is 0.459. The van der Waals surface area contributed by atoms with E-state index in [9.17, 15) is 0 Å². The molecule has 4 nitrogen and oxygen atoms in total. The normalized spacial score (nSPS) is 17.5. The lowest BCUT2D eigenvalue weighted by molar-refractivity contribution is 0.233. The van der Waals surface area contributed by atoms with Gasteiger partial charge in [-0.15, -0.1) is 56.7 Å². The third-order valence-corrected chi connectivity index (χ3v) is 24.7. The Morgan fingerprint density at radius 3 is 1.04 bits per heavy atom. The predicted octanol–water partition coefficient (Wildman–Crippen LogP) is 23.4. The van der Waals surface area contributed by atoms with Crippen LogP contribution in [0.5, 0.6) is 23.0 Å². The molecule has 5 heterocycles. The van der Waals surface area contributed by atoms with Crippen LogP contribution in [0.3, 0.4) is 0 Å². The Morgan fingerprint density at radius 2 is 0.663 bits per heavy atom. The minimum atomic E-state index is -0.609. The van der Waals surface area contributed by atoms with Crippen molar-refractivity contribution < 1.29 is 18.9 Å². The molecule has 0 amide bonds. The van der Waals surface area contributed by atoms with E-state index < -0.39 is 10.8 Å². The average Bonchev–Trinajstić information content (AvgIpc) is 1.55. The molecule has 2 aliphatic carbocycles. The molecular formula is C74H88O4S5. The molecule has 0 bridgehead atoms. The molecule has 11 rings (SSSR count). The SMILES string of the molecule is CCCCC(CC)COc1ccc(C2(c3ccc(OCC(CC)CCCC)cc3)c3ccsc3-c3sc4c5c(sc4c32)-c2sc3ccsc3c2C5(c2ccc(OCC(CC)CCCC)cc2)c2ccc(OCC(CC)CCCC)cc2)cc1. The van der Waals surface area contributed by atoms with Gasteiger partial charge in [0.2, 0.25) is 0 Å². The van der Waals surface area contributed by atoms with Crippen LogP contribution in [0.4, 0.5) is 0 Å². The standard InChI is InChI=1S/C74H88O4S5/c1-9-17-21-49(13-5)45-75-57-33-25-53(26-34-57)73(54-27-35-58(36-28-54)76-46-50(14-6)22-18-10-2)61-41-43-79-66(61)68-64(73)70-72(82-68)65-71(83-70)69-63(67-62(81-69)42-44-80-67)74(65,55-29-37-59(38-30-55)77-47-51(15-7)23-19-11-3)56-31-39-60(40-32-56)78-48-52(16-8)24-20-12-4/h25-44,49-52H,9-24,45-48H2,1-8H3.